The summed E-state index contributed by atoms with van der Waals surface area (Å²) >= 11 is 0. The molecule has 2 heterocycles. The third-order valence-corrected chi connectivity index (χ3v) is 6.40. The summed E-state index contributed by atoms with van der Waals surface area (Å²) < 4.78 is 0. The largest absolute Gasteiger partial charge is 0.292 e. The van der Waals surface area contributed by atoms with Gasteiger partial charge in [0.05, 0.1) is 11.0 Å². The smallest absolute Gasteiger partial charge is 0.269 e. The molecule has 1 atom stereocenters. The second kappa shape index (κ2) is 5.67. The van der Waals surface area contributed by atoms with Crippen LogP contribution < -0.4 is 0 Å². The molecule has 6 rings (SSSR count). The van der Waals surface area contributed by atoms with E-state index in [0.29, 0.717) is 0 Å². The van der Waals surface area contributed by atoms with Crippen LogP contribution in [0.1, 0.15) is 42.9 Å². The van der Waals surface area contributed by atoms with Crippen molar-refractivity contribution in [2.24, 2.45) is 11.8 Å². The van der Waals surface area contributed by atoms with E-state index >= 15 is 0 Å². The Morgan fingerprint density at radius 2 is 1.52 bits per heavy atom. The molecule has 2 saturated heterocycles. The van der Waals surface area contributed by atoms with Crippen molar-refractivity contribution in [1.29, 1.82) is 0 Å². The first-order valence-electron chi connectivity index (χ1n) is 9.32. The molecule has 25 heavy (non-hydrogen) atoms. The molecule has 0 aromatic heterocycles. The first kappa shape index (κ1) is 15.1. The zero-order valence-electron chi connectivity index (χ0n) is 14.2. The number of nitro benzene ring substituents is 1. The highest BCUT2D eigenvalue weighted by Gasteiger charge is 2.38. The fourth-order valence-corrected chi connectivity index (χ4v) is 5.22. The van der Waals surface area contributed by atoms with Gasteiger partial charge in [0.15, 0.2) is 0 Å². The predicted octanol–water partition coefficient (Wildman–Crippen LogP) is 4.79. The molecule has 2 aromatic rings. The van der Waals surface area contributed by atoms with Crippen molar-refractivity contribution in [3.05, 3.63) is 63.7 Å². The summed E-state index contributed by atoms with van der Waals surface area (Å²) in [5, 5.41) is 11.3. The Morgan fingerprint density at radius 1 is 0.880 bits per heavy atom. The van der Waals surface area contributed by atoms with Crippen molar-refractivity contribution in [1.82, 2.24) is 4.90 Å². The molecule has 0 spiro atoms. The van der Waals surface area contributed by atoms with Crippen LogP contribution in [0.4, 0.5) is 5.69 Å². The first-order chi connectivity index (χ1) is 12.2. The molecule has 1 saturated carbocycles. The Kier molecular flexibility index (Phi) is 3.42. The van der Waals surface area contributed by atoms with E-state index in [1.165, 1.54) is 42.4 Å². The molecule has 2 aliphatic heterocycles. The third kappa shape index (κ3) is 2.39. The highest BCUT2D eigenvalue weighted by atomic mass is 16.6. The maximum atomic E-state index is 11.3. The van der Waals surface area contributed by atoms with E-state index in [2.05, 4.69) is 29.2 Å². The predicted molar refractivity (Wildman–Crippen MR) is 97.4 cm³/mol. The van der Waals surface area contributed by atoms with Crippen LogP contribution in [0, 0.1) is 22.0 Å². The SMILES string of the molecule is O=[N+]([O-])c1ccc2c(c1)[C@@H](N1CC3CCC(CC3)C1)c1ccccc1-2. The minimum absolute atomic E-state index is 0.173. The van der Waals surface area contributed by atoms with Crippen LogP contribution >= 0.6 is 0 Å². The van der Waals surface area contributed by atoms with Crippen LogP contribution in [-0.2, 0) is 0 Å². The van der Waals surface area contributed by atoms with E-state index in [9.17, 15) is 10.1 Å². The maximum absolute atomic E-state index is 11.3. The molecular formula is C21H22N2O2. The quantitative estimate of drug-likeness (QED) is 0.586. The maximum Gasteiger partial charge on any atom is 0.269 e. The van der Waals surface area contributed by atoms with Crippen LogP contribution in [0.25, 0.3) is 11.1 Å². The summed E-state index contributed by atoms with van der Waals surface area (Å²) in [4.78, 5) is 13.7. The Morgan fingerprint density at radius 3 is 2.20 bits per heavy atom. The molecule has 0 radical (unpaired) electrons. The zero-order chi connectivity index (χ0) is 17.0. The summed E-state index contributed by atoms with van der Waals surface area (Å²) in [6.45, 7) is 2.25. The molecule has 0 amide bonds. The highest BCUT2D eigenvalue weighted by Crippen LogP contribution is 2.49. The molecule has 4 nitrogen and oxygen atoms in total. The average molecular weight is 334 g/mol. The van der Waals surface area contributed by atoms with Gasteiger partial charge in [-0.2, -0.15) is 0 Å². The minimum atomic E-state index is -0.271. The lowest BCUT2D eigenvalue weighted by atomic mass is 9.84. The number of rotatable bonds is 2. The lowest BCUT2D eigenvalue weighted by molar-refractivity contribution is -0.384. The second-order valence-corrected chi connectivity index (χ2v) is 7.86. The lowest BCUT2D eigenvalue weighted by Crippen LogP contribution is -2.32. The Hall–Kier alpha value is -2.20. The minimum Gasteiger partial charge on any atom is -0.292 e. The van der Waals surface area contributed by atoms with Gasteiger partial charge in [0.2, 0.25) is 0 Å². The second-order valence-electron chi connectivity index (χ2n) is 7.86. The summed E-state index contributed by atoms with van der Waals surface area (Å²) in [5.74, 6) is 1.57. The molecule has 4 aliphatic rings. The van der Waals surface area contributed by atoms with Crippen LogP contribution in [0.3, 0.4) is 0 Å². The number of nitrogens with zero attached hydrogens (tertiary/aromatic N) is 2. The molecule has 128 valence electrons. The van der Waals surface area contributed by atoms with Gasteiger partial charge in [0.1, 0.15) is 0 Å². The number of fused-ring (bicyclic) bond motifs is 7. The van der Waals surface area contributed by atoms with E-state index in [0.717, 1.165) is 30.5 Å². The topological polar surface area (TPSA) is 46.4 Å². The lowest BCUT2D eigenvalue weighted by Gasteiger charge is -2.30. The van der Waals surface area contributed by atoms with Crippen LogP contribution in [0.2, 0.25) is 0 Å². The van der Waals surface area contributed by atoms with Crippen molar-refractivity contribution < 1.29 is 4.92 Å². The molecule has 4 heteroatoms. The van der Waals surface area contributed by atoms with Gasteiger partial charge in [-0.25, -0.2) is 0 Å². The van der Waals surface area contributed by atoms with Gasteiger partial charge < -0.3 is 0 Å². The zero-order valence-corrected chi connectivity index (χ0v) is 14.2. The van der Waals surface area contributed by atoms with Gasteiger partial charge in [-0.05, 0) is 65.8 Å². The molecule has 0 unspecified atom stereocenters. The average Bonchev–Trinajstić information content (AvgIpc) is 2.76. The number of non-ortho nitro benzene ring substituents is 1. The Balaban J connectivity index is 1.63. The van der Waals surface area contributed by atoms with Crippen molar-refractivity contribution in [3.63, 3.8) is 0 Å². The molecule has 0 N–H and O–H groups in total. The normalized spacial score (nSPS) is 27.6. The van der Waals surface area contributed by atoms with E-state index in [1.54, 1.807) is 6.07 Å². The molecule has 2 aliphatic carbocycles. The Bertz CT molecular complexity index is 826. The number of hydrogen-bond donors (Lipinski definition) is 0. The molecule has 2 aromatic carbocycles. The monoisotopic (exact) mass is 334 g/mol. The molecule has 3 fully saturated rings. The standard InChI is InChI=1S/C21H22N2O2/c24-23(25)16-9-10-18-17-3-1-2-4-19(17)21(20(18)11-16)22-12-14-5-6-15(13-22)8-7-14/h1-4,9-11,14-15,21H,5-8,12-13H2/t14?,15?,21-/m0/s1. The Labute approximate surface area is 147 Å². The van der Waals surface area contributed by atoms with Crippen molar-refractivity contribution in [2.45, 2.75) is 31.7 Å². The van der Waals surface area contributed by atoms with E-state index < -0.39 is 0 Å². The van der Waals surface area contributed by atoms with E-state index in [1.807, 2.05) is 12.1 Å². The fraction of sp³-hybridized carbons (Fsp3) is 0.429. The van der Waals surface area contributed by atoms with Gasteiger partial charge >= 0.3 is 0 Å². The first-order valence-corrected chi connectivity index (χ1v) is 9.32. The van der Waals surface area contributed by atoms with Gasteiger partial charge in [0.25, 0.3) is 5.69 Å². The van der Waals surface area contributed by atoms with Gasteiger partial charge in [0, 0.05) is 25.2 Å². The van der Waals surface area contributed by atoms with Gasteiger partial charge in [-0.15, -0.1) is 0 Å². The summed E-state index contributed by atoms with van der Waals surface area (Å²) in [7, 11) is 0. The van der Waals surface area contributed by atoms with E-state index in [4.69, 9.17) is 0 Å². The summed E-state index contributed by atoms with van der Waals surface area (Å²) in [5.41, 5.74) is 5.06. The van der Waals surface area contributed by atoms with E-state index in [-0.39, 0.29) is 16.7 Å². The summed E-state index contributed by atoms with van der Waals surface area (Å²) in [6, 6.07) is 14.1. The molecule has 2 bridgehead atoms. The number of benzene rings is 2. The summed E-state index contributed by atoms with van der Waals surface area (Å²) in [6.07, 6.45) is 5.38. The number of nitro groups is 1. The van der Waals surface area contributed by atoms with Crippen LogP contribution in [0.15, 0.2) is 42.5 Å². The highest BCUT2D eigenvalue weighted by molar-refractivity contribution is 5.79. The van der Waals surface area contributed by atoms with Crippen molar-refractivity contribution in [2.75, 3.05) is 13.1 Å². The van der Waals surface area contributed by atoms with Crippen LogP contribution in [0.5, 0.6) is 0 Å². The molecular weight excluding hydrogens is 312 g/mol. The van der Waals surface area contributed by atoms with Gasteiger partial charge in [-0.1, -0.05) is 24.3 Å². The third-order valence-electron chi connectivity index (χ3n) is 6.40. The van der Waals surface area contributed by atoms with Crippen molar-refractivity contribution in [3.8, 4) is 11.1 Å². The van der Waals surface area contributed by atoms with Gasteiger partial charge in [-0.3, -0.25) is 15.0 Å². The van der Waals surface area contributed by atoms with Crippen LogP contribution in [-0.4, -0.2) is 22.9 Å². The fourth-order valence-electron chi connectivity index (χ4n) is 5.22. The van der Waals surface area contributed by atoms with Crippen molar-refractivity contribution >= 4 is 5.69 Å². The number of hydrogen-bond acceptors (Lipinski definition) is 3.